The smallest absolute Gasteiger partial charge is 0.0223 e. The number of nitrogens with two attached hydrogens (primary N) is 1. The Kier molecular flexibility index (Phi) is 44.1. The van der Waals surface area contributed by atoms with Gasteiger partial charge < -0.3 is 11.9 Å². The van der Waals surface area contributed by atoms with Crippen LogP contribution >= 0.6 is 24.0 Å². The minimum Gasteiger partial charge on any atom is -0.344 e. The van der Waals surface area contributed by atoms with Gasteiger partial charge in [-0.2, -0.15) is 0 Å². The third kappa shape index (κ3) is 41.8. The van der Waals surface area contributed by atoms with Gasteiger partial charge in [0.05, 0.1) is 0 Å². The van der Waals surface area contributed by atoms with Crippen LogP contribution in [0.1, 0.15) is 130 Å². The lowest BCUT2D eigenvalue weighted by Gasteiger charge is -2.04. The molecule has 0 bridgehead atoms. The monoisotopic (exact) mass is 428 g/mol. The van der Waals surface area contributed by atoms with Crippen LogP contribution in [0.2, 0.25) is 0 Å². The molecule has 0 aliphatic carbocycles. The summed E-state index contributed by atoms with van der Waals surface area (Å²) < 4.78 is 0. The maximum Gasteiger partial charge on any atom is 0.0223 e. The summed E-state index contributed by atoms with van der Waals surface area (Å²) in [6, 6.07) is 0. The average Bonchev–Trinajstić information content (AvgIpc) is 2.60. The van der Waals surface area contributed by atoms with E-state index in [-0.39, 0.29) is 18.6 Å². The van der Waals surface area contributed by atoms with Gasteiger partial charge in [-0.1, -0.05) is 117 Å². The van der Waals surface area contributed by atoms with Crippen LogP contribution in [0.4, 0.5) is 0 Å². The van der Waals surface area contributed by atoms with Crippen molar-refractivity contribution in [3.63, 3.8) is 0 Å². The highest BCUT2D eigenvalue weighted by atomic mass is 35.5. The van der Waals surface area contributed by atoms with Gasteiger partial charge in [0, 0.05) is 5.88 Å². The Balaban J connectivity index is -0.000000252. The zero-order valence-corrected chi connectivity index (χ0v) is 20.7. The van der Waals surface area contributed by atoms with Crippen molar-refractivity contribution in [2.45, 2.75) is 130 Å². The molecule has 4 heteroatoms. The molecule has 0 rings (SSSR count). The maximum atomic E-state index is 5.40. The van der Waals surface area contributed by atoms with Crippen molar-refractivity contribution in [1.29, 1.82) is 0 Å². The van der Waals surface area contributed by atoms with Gasteiger partial charge in [0.25, 0.3) is 0 Å². The molecule has 0 radical (unpaired) electrons. The summed E-state index contributed by atoms with van der Waals surface area (Å²) in [7, 11) is 0. The van der Waals surface area contributed by atoms with Gasteiger partial charge in [-0.25, -0.2) is 0 Å². The lowest BCUT2D eigenvalue weighted by Crippen LogP contribution is -1.97. The van der Waals surface area contributed by atoms with Crippen molar-refractivity contribution in [2.75, 3.05) is 12.4 Å². The summed E-state index contributed by atoms with van der Waals surface area (Å²) >= 11 is 5.40. The van der Waals surface area contributed by atoms with Crippen molar-refractivity contribution >= 4 is 24.0 Å². The zero-order valence-electron chi connectivity index (χ0n) is 19.1. The van der Waals surface area contributed by atoms with Crippen LogP contribution in [0.3, 0.4) is 0 Å². The quantitative estimate of drug-likeness (QED) is 0.169. The molecule has 170 valence electrons. The molecule has 27 heavy (non-hydrogen) atoms. The van der Waals surface area contributed by atoms with E-state index in [2.05, 4.69) is 20.8 Å². The van der Waals surface area contributed by atoms with Crippen LogP contribution in [-0.2, 0) is 0 Å². The van der Waals surface area contributed by atoms with Gasteiger partial charge in [0.15, 0.2) is 0 Å². The third-order valence-corrected chi connectivity index (χ3v) is 4.99. The molecule has 0 aliphatic rings. The van der Waals surface area contributed by atoms with Crippen LogP contribution in [0.25, 0.3) is 0 Å². The van der Waals surface area contributed by atoms with E-state index in [9.17, 15) is 0 Å². The number of rotatable bonds is 18. The molecule has 2 nitrogen and oxygen atoms in total. The van der Waals surface area contributed by atoms with E-state index in [1.807, 2.05) is 0 Å². The van der Waals surface area contributed by atoms with Crippen LogP contribution in [0.5, 0.6) is 0 Å². The predicted molar refractivity (Wildman–Crippen MR) is 131 cm³/mol. The molecule has 5 N–H and O–H groups in total. The van der Waals surface area contributed by atoms with Crippen LogP contribution < -0.4 is 11.9 Å². The summed E-state index contributed by atoms with van der Waals surface area (Å²) in [5, 5.41) is 0. The average molecular weight is 430 g/mol. The maximum absolute atomic E-state index is 5.40. The first-order chi connectivity index (χ1) is 12.2. The van der Waals surface area contributed by atoms with Crippen LogP contribution in [-0.4, -0.2) is 12.4 Å². The largest absolute Gasteiger partial charge is 0.344 e. The van der Waals surface area contributed by atoms with E-state index in [4.69, 9.17) is 17.3 Å². The normalized spacial score (nSPS) is 10.0. The van der Waals surface area contributed by atoms with Crippen LogP contribution in [0, 0.1) is 5.92 Å². The van der Waals surface area contributed by atoms with Crippen LogP contribution in [0.15, 0.2) is 0 Å². The molecule has 0 atom stereocenters. The number of unbranched alkanes of at least 4 members (excludes halogenated alkanes) is 14. The minimum absolute atomic E-state index is 0. The molecule has 0 aromatic carbocycles. The highest BCUT2D eigenvalue weighted by Crippen LogP contribution is 2.14. The Morgan fingerprint density at radius 1 is 0.630 bits per heavy atom. The second kappa shape index (κ2) is 34.0. The van der Waals surface area contributed by atoms with Gasteiger partial charge in [-0.15, -0.1) is 24.0 Å². The number of hydrogen-bond acceptors (Lipinski definition) is 2. The fourth-order valence-corrected chi connectivity index (χ4v) is 3.17. The minimum atomic E-state index is 0. The van der Waals surface area contributed by atoms with E-state index < -0.39 is 0 Å². The SMILES string of the molecule is CCCCCCCCCCCCCCCC(C)C.Cl.N.NCCCCCCl. The second-order valence-electron chi connectivity index (χ2n) is 7.96. The molecule has 0 aliphatic heterocycles. The van der Waals surface area contributed by atoms with Gasteiger partial charge >= 0.3 is 0 Å². The number of halogens is 2. The lowest BCUT2D eigenvalue weighted by atomic mass is 10.0. The molecule has 0 aromatic heterocycles. The molecule has 0 fully saturated rings. The molecule has 0 unspecified atom stereocenters. The topological polar surface area (TPSA) is 61.0 Å². The Morgan fingerprint density at radius 3 is 1.33 bits per heavy atom. The van der Waals surface area contributed by atoms with Crippen molar-refractivity contribution < 1.29 is 0 Å². The van der Waals surface area contributed by atoms with E-state index in [1.165, 1.54) is 96.3 Å². The summed E-state index contributed by atoms with van der Waals surface area (Å²) in [4.78, 5) is 0. The van der Waals surface area contributed by atoms with E-state index in [0.717, 1.165) is 31.2 Å². The molecule has 0 aromatic rings. The first-order valence-corrected chi connectivity index (χ1v) is 12.0. The molecule has 0 amide bonds. The van der Waals surface area contributed by atoms with Gasteiger partial charge in [-0.3, -0.25) is 0 Å². The highest BCUT2D eigenvalue weighted by molar-refractivity contribution is 6.17. The Bertz CT molecular complexity index is 211. The molecular formula is C23H54Cl2N2. The fourth-order valence-electron chi connectivity index (χ4n) is 2.99. The first kappa shape index (κ1) is 35.0. The van der Waals surface area contributed by atoms with Crippen molar-refractivity contribution in [2.24, 2.45) is 11.7 Å². The molecule has 0 heterocycles. The molecular weight excluding hydrogens is 375 g/mol. The van der Waals surface area contributed by atoms with E-state index in [1.54, 1.807) is 0 Å². The van der Waals surface area contributed by atoms with E-state index in [0.29, 0.717) is 0 Å². The predicted octanol–water partition coefficient (Wildman–Crippen LogP) is 9.06. The van der Waals surface area contributed by atoms with Crippen molar-refractivity contribution in [3.05, 3.63) is 0 Å². The Labute approximate surface area is 184 Å². The third-order valence-electron chi connectivity index (χ3n) is 4.72. The fraction of sp³-hybridized carbons (Fsp3) is 1.00. The summed E-state index contributed by atoms with van der Waals surface area (Å²) in [6.45, 7) is 7.76. The molecule has 0 saturated heterocycles. The van der Waals surface area contributed by atoms with Gasteiger partial charge in [-0.05, 0) is 25.3 Å². The standard InChI is InChI=1S/C18H38.C5H12ClN.ClH.H3N/c1-4-5-6-7-8-9-10-11-12-13-14-15-16-17-18(2)3;6-4-2-1-3-5-7;;/h18H,4-17H2,1-3H3;1-5,7H2;1H;1H3. The molecule has 0 saturated carbocycles. The zero-order chi connectivity index (χ0) is 19.0. The Morgan fingerprint density at radius 2 is 1.00 bits per heavy atom. The summed E-state index contributed by atoms with van der Waals surface area (Å²) in [5.74, 6) is 1.68. The van der Waals surface area contributed by atoms with E-state index >= 15 is 0 Å². The highest BCUT2D eigenvalue weighted by Gasteiger charge is 1.95. The molecule has 0 spiro atoms. The summed E-state index contributed by atoms with van der Waals surface area (Å²) in [5.41, 5.74) is 5.23. The summed E-state index contributed by atoms with van der Waals surface area (Å²) in [6.07, 6.45) is 23.9. The van der Waals surface area contributed by atoms with Crippen molar-refractivity contribution in [3.8, 4) is 0 Å². The lowest BCUT2D eigenvalue weighted by molar-refractivity contribution is 0.503. The number of alkyl halides is 1. The first-order valence-electron chi connectivity index (χ1n) is 11.4. The second-order valence-corrected chi connectivity index (χ2v) is 8.34. The Hall–Kier alpha value is 0.500. The van der Waals surface area contributed by atoms with Crippen molar-refractivity contribution in [1.82, 2.24) is 6.15 Å². The number of hydrogen-bond donors (Lipinski definition) is 2. The van der Waals surface area contributed by atoms with Gasteiger partial charge in [0.1, 0.15) is 0 Å². The van der Waals surface area contributed by atoms with Gasteiger partial charge in [0.2, 0.25) is 0 Å².